The van der Waals surface area contributed by atoms with Gasteiger partial charge in [-0.25, -0.2) is 4.98 Å². The van der Waals surface area contributed by atoms with Crippen LogP contribution in [0.4, 0.5) is 5.13 Å². The van der Waals surface area contributed by atoms with Crippen molar-refractivity contribution in [1.29, 1.82) is 0 Å². The minimum atomic E-state index is 0. The lowest BCUT2D eigenvalue weighted by Gasteiger charge is -2.30. The lowest BCUT2D eigenvalue weighted by molar-refractivity contribution is 0.170. The van der Waals surface area contributed by atoms with Gasteiger partial charge < -0.3 is 5.73 Å². The van der Waals surface area contributed by atoms with Gasteiger partial charge in [-0.1, -0.05) is 20.8 Å². The van der Waals surface area contributed by atoms with Gasteiger partial charge >= 0.3 is 0 Å². The molecule has 0 saturated heterocycles. The van der Waals surface area contributed by atoms with E-state index in [9.17, 15) is 0 Å². The van der Waals surface area contributed by atoms with Crippen LogP contribution in [0, 0.1) is 5.92 Å². The van der Waals surface area contributed by atoms with Crippen molar-refractivity contribution in [3.8, 4) is 0 Å². The summed E-state index contributed by atoms with van der Waals surface area (Å²) in [7, 11) is 0. The van der Waals surface area contributed by atoms with Crippen molar-refractivity contribution in [2.45, 2.75) is 40.3 Å². The number of thiazole rings is 1. The molecule has 1 rings (SSSR count). The Balaban J connectivity index is 0.00000225. The molecule has 94 valence electrons. The molecule has 16 heavy (non-hydrogen) atoms. The molecule has 1 atom stereocenters. The van der Waals surface area contributed by atoms with Gasteiger partial charge in [0.2, 0.25) is 0 Å². The highest BCUT2D eigenvalue weighted by atomic mass is 35.5. The molecule has 1 heterocycles. The fraction of sp³-hybridized carbons (Fsp3) is 0.727. The fourth-order valence-corrected chi connectivity index (χ4v) is 2.27. The molecule has 1 aromatic heterocycles. The normalized spacial score (nSPS) is 12.9. The summed E-state index contributed by atoms with van der Waals surface area (Å²) < 4.78 is 0. The quantitative estimate of drug-likeness (QED) is 0.888. The third kappa shape index (κ3) is 4.28. The summed E-state index contributed by atoms with van der Waals surface area (Å²) in [5, 5.41) is 0.665. The van der Waals surface area contributed by atoms with E-state index in [-0.39, 0.29) is 12.4 Å². The van der Waals surface area contributed by atoms with Gasteiger partial charge in [0.15, 0.2) is 5.13 Å². The van der Waals surface area contributed by atoms with E-state index in [1.165, 1.54) is 4.88 Å². The van der Waals surface area contributed by atoms with Gasteiger partial charge in [-0.3, -0.25) is 4.90 Å². The number of anilines is 1. The number of halogens is 1. The predicted molar refractivity (Wildman–Crippen MR) is 74.2 cm³/mol. The zero-order valence-corrected chi connectivity index (χ0v) is 12.1. The third-order valence-electron chi connectivity index (χ3n) is 2.88. The maximum Gasteiger partial charge on any atom is 0.180 e. The van der Waals surface area contributed by atoms with Gasteiger partial charge in [0.1, 0.15) is 0 Å². The average Bonchev–Trinajstić information content (AvgIpc) is 2.59. The highest BCUT2D eigenvalue weighted by Gasteiger charge is 2.16. The smallest absolute Gasteiger partial charge is 0.180 e. The standard InChI is InChI=1S/C11H21N3S.ClH/c1-5-14(9(4)8(2)3)7-10-6-13-11(12)15-10;/h6,8-9H,5,7H2,1-4H3,(H2,12,13);1H. The number of rotatable bonds is 5. The van der Waals surface area contributed by atoms with E-state index < -0.39 is 0 Å². The van der Waals surface area contributed by atoms with Crippen LogP contribution in [0.3, 0.4) is 0 Å². The number of nitrogens with zero attached hydrogens (tertiary/aromatic N) is 2. The second kappa shape index (κ2) is 7.09. The molecule has 2 N–H and O–H groups in total. The number of aromatic nitrogens is 1. The lowest BCUT2D eigenvalue weighted by Crippen LogP contribution is -2.35. The summed E-state index contributed by atoms with van der Waals surface area (Å²) in [6.07, 6.45) is 1.88. The van der Waals surface area contributed by atoms with Gasteiger partial charge in [0.05, 0.1) is 0 Å². The zero-order chi connectivity index (χ0) is 11.4. The van der Waals surface area contributed by atoms with Crippen molar-refractivity contribution in [2.75, 3.05) is 12.3 Å². The molecule has 0 bridgehead atoms. The van der Waals surface area contributed by atoms with Gasteiger partial charge in [-0.05, 0) is 19.4 Å². The van der Waals surface area contributed by atoms with Gasteiger partial charge in [0, 0.05) is 23.7 Å². The first kappa shape index (κ1) is 15.7. The van der Waals surface area contributed by atoms with Crippen molar-refractivity contribution >= 4 is 28.9 Å². The van der Waals surface area contributed by atoms with Crippen LogP contribution in [0.25, 0.3) is 0 Å². The first-order valence-corrected chi connectivity index (χ1v) is 6.30. The zero-order valence-electron chi connectivity index (χ0n) is 10.4. The summed E-state index contributed by atoms with van der Waals surface area (Å²) in [6, 6.07) is 0.596. The average molecular weight is 264 g/mol. The van der Waals surface area contributed by atoms with Crippen molar-refractivity contribution in [1.82, 2.24) is 9.88 Å². The molecule has 0 aromatic carbocycles. The van der Waals surface area contributed by atoms with E-state index in [0.717, 1.165) is 13.1 Å². The molecule has 1 unspecified atom stereocenters. The molecular weight excluding hydrogens is 242 g/mol. The monoisotopic (exact) mass is 263 g/mol. The summed E-state index contributed by atoms with van der Waals surface area (Å²) in [4.78, 5) is 7.79. The Morgan fingerprint density at radius 1 is 1.44 bits per heavy atom. The third-order valence-corrected chi connectivity index (χ3v) is 3.69. The van der Waals surface area contributed by atoms with E-state index in [1.807, 2.05) is 6.20 Å². The Morgan fingerprint density at radius 2 is 2.06 bits per heavy atom. The largest absolute Gasteiger partial charge is 0.375 e. The van der Waals surface area contributed by atoms with Crippen LogP contribution in [0.1, 0.15) is 32.6 Å². The Kier molecular flexibility index (Phi) is 6.95. The van der Waals surface area contributed by atoms with Crippen LogP contribution in [-0.2, 0) is 6.54 Å². The molecule has 1 aromatic rings. The van der Waals surface area contributed by atoms with Gasteiger partial charge in [0.25, 0.3) is 0 Å². The first-order chi connectivity index (χ1) is 7.04. The number of nitrogen functional groups attached to an aromatic ring is 1. The van der Waals surface area contributed by atoms with Gasteiger partial charge in [-0.2, -0.15) is 0 Å². The highest BCUT2D eigenvalue weighted by Crippen LogP contribution is 2.19. The molecule has 0 fully saturated rings. The summed E-state index contributed by atoms with van der Waals surface area (Å²) in [5.41, 5.74) is 5.62. The maximum atomic E-state index is 5.62. The second-order valence-corrected chi connectivity index (χ2v) is 5.36. The summed E-state index contributed by atoms with van der Waals surface area (Å²) in [6.45, 7) is 11.0. The van der Waals surface area contributed by atoms with Crippen LogP contribution in [0.15, 0.2) is 6.20 Å². The van der Waals surface area contributed by atoms with Crippen molar-refractivity contribution in [3.05, 3.63) is 11.1 Å². The summed E-state index contributed by atoms with van der Waals surface area (Å²) >= 11 is 1.59. The topological polar surface area (TPSA) is 42.2 Å². The van der Waals surface area contributed by atoms with E-state index in [0.29, 0.717) is 17.1 Å². The summed E-state index contributed by atoms with van der Waals surface area (Å²) in [5.74, 6) is 0.676. The molecule has 0 aliphatic carbocycles. The Labute approximate surface area is 108 Å². The first-order valence-electron chi connectivity index (χ1n) is 5.48. The van der Waals surface area contributed by atoms with Crippen molar-refractivity contribution in [3.63, 3.8) is 0 Å². The van der Waals surface area contributed by atoms with E-state index in [1.54, 1.807) is 11.3 Å². The lowest BCUT2D eigenvalue weighted by atomic mass is 10.0. The fourth-order valence-electron chi connectivity index (χ4n) is 1.56. The molecule has 0 radical (unpaired) electrons. The molecule has 5 heteroatoms. The highest BCUT2D eigenvalue weighted by molar-refractivity contribution is 7.15. The maximum absolute atomic E-state index is 5.62. The van der Waals surface area contributed by atoms with E-state index in [2.05, 4.69) is 37.6 Å². The number of hydrogen-bond donors (Lipinski definition) is 1. The Hall–Kier alpha value is -0.320. The molecule has 0 aliphatic rings. The van der Waals surface area contributed by atoms with Crippen LogP contribution in [-0.4, -0.2) is 22.5 Å². The van der Waals surface area contributed by atoms with Crippen LogP contribution in [0.2, 0.25) is 0 Å². The van der Waals surface area contributed by atoms with Crippen LogP contribution in [0.5, 0.6) is 0 Å². The Bertz CT molecular complexity index is 301. The Morgan fingerprint density at radius 3 is 2.44 bits per heavy atom. The molecule has 0 saturated carbocycles. The van der Waals surface area contributed by atoms with Crippen LogP contribution < -0.4 is 5.73 Å². The van der Waals surface area contributed by atoms with Crippen molar-refractivity contribution in [2.24, 2.45) is 5.92 Å². The molecular formula is C11H22ClN3S. The number of hydrogen-bond acceptors (Lipinski definition) is 4. The minimum absolute atomic E-state index is 0. The number of nitrogens with two attached hydrogens (primary N) is 1. The van der Waals surface area contributed by atoms with Crippen molar-refractivity contribution < 1.29 is 0 Å². The second-order valence-electron chi connectivity index (χ2n) is 4.21. The van der Waals surface area contributed by atoms with E-state index >= 15 is 0 Å². The molecule has 0 spiro atoms. The van der Waals surface area contributed by atoms with Gasteiger partial charge in [-0.15, -0.1) is 23.7 Å². The van der Waals surface area contributed by atoms with E-state index in [4.69, 9.17) is 5.73 Å². The molecule has 0 aliphatic heterocycles. The van der Waals surface area contributed by atoms with Crippen LogP contribution >= 0.6 is 23.7 Å². The minimum Gasteiger partial charge on any atom is -0.375 e. The molecule has 0 amide bonds. The molecule has 3 nitrogen and oxygen atoms in total. The SMILES string of the molecule is CCN(Cc1cnc(N)s1)C(C)C(C)C.Cl. The predicted octanol–water partition coefficient (Wildman–Crippen LogP) is 3.01.